The fraction of sp³-hybridized carbons (Fsp3) is 0.150. The Bertz CT molecular complexity index is 1260. The van der Waals surface area contributed by atoms with Gasteiger partial charge in [-0.1, -0.05) is 24.3 Å². The third-order valence-corrected chi connectivity index (χ3v) is 6.85. The SMILES string of the molecule is O=C(O)C(Cc1c[nH]c2ccccc12)NS(=O)(=O)Cc1ccc2sccc2c1. The number of carbonyl (C=O) groups is 1. The van der Waals surface area contributed by atoms with Crippen LogP contribution in [-0.4, -0.2) is 30.5 Å². The van der Waals surface area contributed by atoms with Gasteiger partial charge in [-0.05, 0) is 46.2 Å². The second kappa shape index (κ2) is 7.38. The molecule has 2 aromatic heterocycles. The quantitative estimate of drug-likeness (QED) is 0.431. The van der Waals surface area contributed by atoms with Crippen molar-refractivity contribution in [2.75, 3.05) is 0 Å². The predicted octanol–water partition coefficient (Wildman–Crippen LogP) is 3.50. The highest BCUT2D eigenvalue weighted by molar-refractivity contribution is 7.88. The first-order chi connectivity index (χ1) is 13.4. The number of benzene rings is 2. The van der Waals surface area contributed by atoms with E-state index in [-0.39, 0.29) is 12.2 Å². The van der Waals surface area contributed by atoms with E-state index in [1.54, 1.807) is 23.6 Å². The number of sulfonamides is 1. The van der Waals surface area contributed by atoms with Gasteiger partial charge in [-0.15, -0.1) is 11.3 Å². The number of nitrogens with one attached hydrogen (secondary N) is 2. The first kappa shape index (κ1) is 18.7. The van der Waals surface area contributed by atoms with Gasteiger partial charge in [0.25, 0.3) is 0 Å². The molecule has 0 saturated heterocycles. The van der Waals surface area contributed by atoms with Crippen molar-refractivity contribution in [3.63, 3.8) is 0 Å². The topological polar surface area (TPSA) is 99.3 Å². The Kier molecular flexibility index (Phi) is 4.92. The van der Waals surface area contributed by atoms with Gasteiger partial charge in [0.05, 0.1) is 5.75 Å². The van der Waals surface area contributed by atoms with Crippen molar-refractivity contribution in [3.05, 3.63) is 71.2 Å². The molecule has 28 heavy (non-hydrogen) atoms. The second-order valence-corrected chi connectivity index (χ2v) is 9.33. The molecule has 8 heteroatoms. The molecule has 144 valence electrons. The average molecular weight is 415 g/mol. The van der Waals surface area contributed by atoms with Crippen LogP contribution in [0.5, 0.6) is 0 Å². The summed E-state index contributed by atoms with van der Waals surface area (Å²) in [6.45, 7) is 0. The van der Waals surface area contributed by atoms with Crippen LogP contribution in [-0.2, 0) is 27.0 Å². The number of thiophene rings is 1. The minimum atomic E-state index is -3.82. The first-order valence-corrected chi connectivity index (χ1v) is 11.2. The molecule has 0 aliphatic heterocycles. The summed E-state index contributed by atoms with van der Waals surface area (Å²) in [6, 6.07) is 13.7. The van der Waals surface area contributed by atoms with Gasteiger partial charge in [0.1, 0.15) is 6.04 Å². The molecular weight excluding hydrogens is 396 g/mol. The highest BCUT2D eigenvalue weighted by atomic mass is 32.2. The lowest BCUT2D eigenvalue weighted by molar-refractivity contribution is -0.138. The van der Waals surface area contributed by atoms with E-state index in [1.165, 1.54) is 0 Å². The lowest BCUT2D eigenvalue weighted by Crippen LogP contribution is -2.42. The summed E-state index contributed by atoms with van der Waals surface area (Å²) in [5, 5.41) is 13.4. The molecule has 4 rings (SSSR count). The Morgan fingerprint density at radius 3 is 2.82 bits per heavy atom. The van der Waals surface area contributed by atoms with Crippen molar-refractivity contribution in [2.45, 2.75) is 18.2 Å². The van der Waals surface area contributed by atoms with Gasteiger partial charge in [-0.3, -0.25) is 4.79 Å². The summed E-state index contributed by atoms with van der Waals surface area (Å²) in [4.78, 5) is 14.8. The van der Waals surface area contributed by atoms with Gasteiger partial charge in [0, 0.05) is 28.2 Å². The van der Waals surface area contributed by atoms with E-state index in [0.29, 0.717) is 5.56 Å². The number of aromatic amines is 1. The number of hydrogen-bond acceptors (Lipinski definition) is 4. The molecule has 2 aromatic carbocycles. The van der Waals surface area contributed by atoms with Gasteiger partial charge in [-0.2, -0.15) is 0 Å². The van der Waals surface area contributed by atoms with Gasteiger partial charge in [-0.25, -0.2) is 13.1 Å². The molecule has 0 radical (unpaired) electrons. The van der Waals surface area contributed by atoms with Gasteiger partial charge < -0.3 is 10.1 Å². The molecule has 0 aliphatic rings. The minimum Gasteiger partial charge on any atom is -0.480 e. The zero-order valence-corrected chi connectivity index (χ0v) is 16.4. The summed E-state index contributed by atoms with van der Waals surface area (Å²) in [5.41, 5.74) is 2.26. The molecule has 0 fully saturated rings. The van der Waals surface area contributed by atoms with E-state index in [0.717, 1.165) is 26.6 Å². The van der Waals surface area contributed by atoms with Crippen molar-refractivity contribution in [3.8, 4) is 0 Å². The van der Waals surface area contributed by atoms with E-state index in [9.17, 15) is 18.3 Å². The Labute approximate surface area is 165 Å². The third kappa shape index (κ3) is 3.94. The highest BCUT2D eigenvalue weighted by Crippen LogP contribution is 2.23. The van der Waals surface area contributed by atoms with Crippen molar-refractivity contribution in [1.82, 2.24) is 9.71 Å². The summed E-state index contributed by atoms with van der Waals surface area (Å²) in [6.07, 6.45) is 1.78. The van der Waals surface area contributed by atoms with Gasteiger partial charge in [0.2, 0.25) is 10.0 Å². The molecule has 0 spiro atoms. The molecular formula is C20H18N2O4S2. The lowest BCUT2D eigenvalue weighted by Gasteiger charge is -2.15. The maximum absolute atomic E-state index is 12.6. The third-order valence-electron chi connectivity index (χ3n) is 4.59. The molecule has 6 nitrogen and oxygen atoms in total. The molecule has 0 aliphatic carbocycles. The largest absolute Gasteiger partial charge is 0.480 e. The molecule has 0 bridgehead atoms. The number of hydrogen-bond donors (Lipinski definition) is 3. The fourth-order valence-electron chi connectivity index (χ4n) is 3.28. The van der Waals surface area contributed by atoms with Crippen LogP contribution in [0.15, 0.2) is 60.1 Å². The van der Waals surface area contributed by atoms with Crippen LogP contribution in [0.25, 0.3) is 21.0 Å². The number of rotatable bonds is 7. The number of H-pyrrole nitrogens is 1. The summed E-state index contributed by atoms with van der Waals surface area (Å²) >= 11 is 1.59. The predicted molar refractivity (Wildman–Crippen MR) is 111 cm³/mol. The van der Waals surface area contributed by atoms with Crippen molar-refractivity contribution in [1.29, 1.82) is 0 Å². The van der Waals surface area contributed by atoms with Crippen LogP contribution in [0.3, 0.4) is 0 Å². The number of carboxylic acid groups (broad SMARTS) is 1. The summed E-state index contributed by atoms with van der Waals surface area (Å²) in [7, 11) is -3.82. The van der Waals surface area contributed by atoms with Crippen LogP contribution in [0.1, 0.15) is 11.1 Å². The smallest absolute Gasteiger partial charge is 0.322 e. The van der Waals surface area contributed by atoms with Crippen LogP contribution >= 0.6 is 11.3 Å². The van der Waals surface area contributed by atoms with Crippen LogP contribution in [0, 0.1) is 0 Å². The zero-order chi connectivity index (χ0) is 19.7. The molecule has 0 amide bonds. The number of para-hydroxylation sites is 1. The van der Waals surface area contributed by atoms with Crippen LogP contribution in [0.4, 0.5) is 0 Å². The molecule has 2 heterocycles. The van der Waals surface area contributed by atoms with Crippen molar-refractivity contribution < 1.29 is 18.3 Å². The number of aliphatic carboxylic acids is 1. The maximum Gasteiger partial charge on any atom is 0.322 e. The van der Waals surface area contributed by atoms with Gasteiger partial charge in [0.15, 0.2) is 0 Å². The molecule has 1 unspecified atom stereocenters. The maximum atomic E-state index is 12.6. The van der Waals surface area contributed by atoms with Crippen molar-refractivity contribution >= 4 is 48.3 Å². The normalized spacial score (nSPS) is 13.1. The average Bonchev–Trinajstić information content (AvgIpc) is 3.27. The summed E-state index contributed by atoms with van der Waals surface area (Å²) in [5.74, 6) is -1.47. The Balaban J connectivity index is 1.53. The number of fused-ring (bicyclic) bond motifs is 2. The standard InChI is InChI=1S/C20H18N2O4S2/c23-20(24)18(10-15-11-21-17-4-2-1-3-16(15)17)22-28(25,26)12-13-5-6-19-14(9-13)7-8-27-19/h1-9,11,18,21-22H,10,12H2,(H,23,24). The number of carboxylic acids is 1. The van der Waals surface area contributed by atoms with E-state index < -0.39 is 22.0 Å². The fourth-order valence-corrected chi connectivity index (χ4v) is 5.37. The molecule has 1 atom stereocenters. The Morgan fingerprint density at radius 2 is 2.00 bits per heavy atom. The lowest BCUT2D eigenvalue weighted by atomic mass is 10.1. The zero-order valence-electron chi connectivity index (χ0n) is 14.8. The molecule has 3 N–H and O–H groups in total. The minimum absolute atomic E-state index is 0.0577. The molecule has 4 aromatic rings. The van der Waals surface area contributed by atoms with Gasteiger partial charge >= 0.3 is 5.97 Å². The van der Waals surface area contributed by atoms with Crippen LogP contribution in [0.2, 0.25) is 0 Å². The van der Waals surface area contributed by atoms with Crippen molar-refractivity contribution in [2.24, 2.45) is 0 Å². The Hall–Kier alpha value is -2.68. The van der Waals surface area contributed by atoms with E-state index >= 15 is 0 Å². The van der Waals surface area contributed by atoms with E-state index in [4.69, 9.17) is 0 Å². The Morgan fingerprint density at radius 1 is 1.18 bits per heavy atom. The van der Waals surface area contributed by atoms with E-state index in [2.05, 4.69) is 9.71 Å². The highest BCUT2D eigenvalue weighted by Gasteiger charge is 2.25. The monoisotopic (exact) mass is 414 g/mol. The van der Waals surface area contributed by atoms with E-state index in [1.807, 2.05) is 47.8 Å². The summed E-state index contributed by atoms with van der Waals surface area (Å²) < 4.78 is 28.6. The second-order valence-electron chi connectivity index (χ2n) is 6.62. The first-order valence-electron chi connectivity index (χ1n) is 8.65. The molecule has 0 saturated carbocycles. The number of aromatic nitrogens is 1. The van der Waals surface area contributed by atoms with Crippen LogP contribution < -0.4 is 4.72 Å².